The predicted molar refractivity (Wildman–Crippen MR) is 95.3 cm³/mol. The summed E-state index contributed by atoms with van der Waals surface area (Å²) in [6.45, 7) is 2.23. The van der Waals surface area contributed by atoms with Crippen LogP contribution in [0, 0.1) is 0 Å². The molecule has 0 bridgehead atoms. The van der Waals surface area contributed by atoms with E-state index in [0.29, 0.717) is 18.7 Å². The van der Waals surface area contributed by atoms with Gasteiger partial charge >= 0.3 is 6.61 Å². The summed E-state index contributed by atoms with van der Waals surface area (Å²) in [5.41, 5.74) is 2.11. The summed E-state index contributed by atoms with van der Waals surface area (Å²) in [4.78, 5) is 14.6. The third-order valence-electron chi connectivity index (χ3n) is 3.78. The monoisotopic (exact) mass is 345 g/mol. The van der Waals surface area contributed by atoms with E-state index < -0.39 is 6.61 Å². The maximum Gasteiger partial charge on any atom is 0.387 e. The number of benzene rings is 2. The van der Waals surface area contributed by atoms with Crippen molar-refractivity contribution in [2.24, 2.45) is 0 Å². The Morgan fingerprint density at radius 1 is 1.04 bits per heavy atom. The molecule has 0 saturated heterocycles. The van der Waals surface area contributed by atoms with Crippen molar-refractivity contribution in [3.8, 4) is 5.75 Å². The number of nitrogens with zero attached hydrogens (tertiary/aromatic N) is 1. The Balaban J connectivity index is 2.38. The second kappa shape index (κ2) is 8.97. The molecule has 5 heteroatoms. The lowest BCUT2D eigenvalue weighted by Gasteiger charge is -2.20. The zero-order valence-corrected chi connectivity index (χ0v) is 14.3. The van der Waals surface area contributed by atoms with Gasteiger partial charge in [-0.3, -0.25) is 4.79 Å². The van der Waals surface area contributed by atoms with Crippen molar-refractivity contribution >= 4 is 17.6 Å². The van der Waals surface area contributed by atoms with Crippen LogP contribution in [0.5, 0.6) is 5.75 Å². The minimum absolute atomic E-state index is 0.0656. The van der Waals surface area contributed by atoms with Gasteiger partial charge in [-0.15, -0.1) is 0 Å². The Kier molecular flexibility index (Phi) is 6.69. The van der Waals surface area contributed by atoms with Gasteiger partial charge in [0.2, 0.25) is 0 Å². The van der Waals surface area contributed by atoms with Crippen LogP contribution in [0.2, 0.25) is 0 Å². The van der Waals surface area contributed by atoms with Crippen LogP contribution in [-0.2, 0) is 4.79 Å². The molecule has 0 N–H and O–H groups in total. The van der Waals surface area contributed by atoms with Gasteiger partial charge in [-0.2, -0.15) is 8.78 Å². The Morgan fingerprint density at radius 2 is 1.64 bits per heavy atom. The Morgan fingerprint density at radius 3 is 2.16 bits per heavy atom. The number of ether oxygens (including phenoxy) is 1. The number of hydrogen-bond donors (Lipinski definition) is 0. The summed E-state index contributed by atoms with van der Waals surface area (Å²) in [5, 5.41) is 0. The molecule has 0 heterocycles. The molecule has 0 spiro atoms. The molecule has 0 radical (unpaired) electrons. The third kappa shape index (κ3) is 5.14. The van der Waals surface area contributed by atoms with E-state index in [1.54, 1.807) is 23.1 Å². The van der Waals surface area contributed by atoms with Crippen LogP contribution < -0.4 is 4.74 Å². The van der Waals surface area contributed by atoms with E-state index in [4.69, 9.17) is 0 Å². The number of likely N-dealkylation sites (N-methyl/N-ethyl adjacent to an activating group) is 1. The summed E-state index contributed by atoms with van der Waals surface area (Å²) in [7, 11) is 0. The van der Waals surface area contributed by atoms with Crippen LogP contribution in [0.1, 0.15) is 25.0 Å². The van der Waals surface area contributed by atoms with Gasteiger partial charge in [0.05, 0.1) is 0 Å². The summed E-state index contributed by atoms with van der Waals surface area (Å²) >= 11 is 0. The van der Waals surface area contributed by atoms with Gasteiger partial charge in [-0.1, -0.05) is 42.5 Å². The highest BCUT2D eigenvalue weighted by molar-refractivity contribution is 6.24. The number of carbonyl (C=O) groups excluding carboxylic acids is 1. The molecule has 0 aliphatic rings. The summed E-state index contributed by atoms with van der Waals surface area (Å²) in [6.07, 6.45) is 1.77. The van der Waals surface area contributed by atoms with Gasteiger partial charge in [0, 0.05) is 18.7 Å². The smallest absolute Gasteiger partial charge is 0.387 e. The minimum atomic E-state index is -2.86. The molecule has 0 atom stereocenters. The molecule has 2 rings (SSSR count). The van der Waals surface area contributed by atoms with E-state index in [2.05, 4.69) is 4.74 Å². The highest BCUT2D eigenvalue weighted by Gasteiger charge is 2.17. The van der Waals surface area contributed by atoms with Crippen molar-refractivity contribution in [2.45, 2.75) is 20.5 Å². The van der Waals surface area contributed by atoms with Gasteiger partial charge in [-0.05, 0) is 43.2 Å². The average Bonchev–Trinajstić information content (AvgIpc) is 2.62. The first-order chi connectivity index (χ1) is 12.0. The van der Waals surface area contributed by atoms with Crippen LogP contribution in [0.3, 0.4) is 0 Å². The SMILES string of the molecule is CCN(CC)C(=O)C(=Cc1ccc(OC(F)F)cc1)c1ccccc1. The number of halogens is 2. The lowest BCUT2D eigenvalue weighted by molar-refractivity contribution is -0.124. The van der Waals surface area contributed by atoms with E-state index in [1.807, 2.05) is 44.2 Å². The Hall–Kier alpha value is -2.69. The highest BCUT2D eigenvalue weighted by Crippen LogP contribution is 2.23. The zero-order chi connectivity index (χ0) is 18.2. The van der Waals surface area contributed by atoms with Crippen LogP contribution in [0.25, 0.3) is 11.6 Å². The lowest BCUT2D eigenvalue weighted by Crippen LogP contribution is -2.31. The molecule has 0 aliphatic carbocycles. The first-order valence-electron chi connectivity index (χ1n) is 8.16. The largest absolute Gasteiger partial charge is 0.435 e. The molecule has 2 aromatic carbocycles. The van der Waals surface area contributed by atoms with Crippen molar-refractivity contribution in [1.82, 2.24) is 4.90 Å². The first kappa shape index (κ1) is 18.6. The van der Waals surface area contributed by atoms with Gasteiger partial charge in [0.25, 0.3) is 5.91 Å². The van der Waals surface area contributed by atoms with Gasteiger partial charge < -0.3 is 9.64 Å². The van der Waals surface area contributed by atoms with Crippen molar-refractivity contribution in [1.29, 1.82) is 0 Å². The summed E-state index contributed by atoms with van der Waals surface area (Å²) < 4.78 is 28.8. The van der Waals surface area contributed by atoms with Crippen molar-refractivity contribution in [2.75, 3.05) is 13.1 Å². The zero-order valence-electron chi connectivity index (χ0n) is 14.3. The number of amides is 1. The molecule has 25 heavy (non-hydrogen) atoms. The molecule has 0 unspecified atom stereocenters. The maximum absolute atomic E-state index is 12.9. The fourth-order valence-corrected chi connectivity index (χ4v) is 2.48. The molecular weight excluding hydrogens is 324 g/mol. The fraction of sp³-hybridized carbons (Fsp3) is 0.250. The van der Waals surface area contributed by atoms with Crippen molar-refractivity contribution in [3.05, 3.63) is 65.7 Å². The Bertz CT molecular complexity index is 708. The highest BCUT2D eigenvalue weighted by atomic mass is 19.3. The third-order valence-corrected chi connectivity index (χ3v) is 3.78. The normalized spacial score (nSPS) is 11.5. The molecule has 0 aliphatic heterocycles. The number of hydrogen-bond acceptors (Lipinski definition) is 2. The Labute approximate surface area is 146 Å². The molecule has 3 nitrogen and oxygen atoms in total. The summed E-state index contributed by atoms with van der Waals surface area (Å²) in [5.74, 6) is 0.0209. The molecule has 0 fully saturated rings. The van der Waals surface area contributed by atoms with Crippen LogP contribution in [0.4, 0.5) is 8.78 Å². The topological polar surface area (TPSA) is 29.5 Å². The maximum atomic E-state index is 12.9. The standard InChI is InChI=1S/C20H21F2NO2/c1-3-23(4-2)19(24)18(16-8-6-5-7-9-16)14-15-10-12-17(13-11-15)25-20(21)22/h5-14,20H,3-4H2,1-2H3. The van der Waals surface area contributed by atoms with Crippen LogP contribution in [0.15, 0.2) is 54.6 Å². The van der Waals surface area contributed by atoms with E-state index in [9.17, 15) is 13.6 Å². The van der Waals surface area contributed by atoms with Gasteiger partial charge in [-0.25, -0.2) is 0 Å². The molecule has 132 valence electrons. The van der Waals surface area contributed by atoms with E-state index in [1.165, 1.54) is 12.1 Å². The number of alkyl halides is 2. The van der Waals surface area contributed by atoms with E-state index in [-0.39, 0.29) is 11.7 Å². The average molecular weight is 345 g/mol. The van der Waals surface area contributed by atoms with Crippen molar-refractivity contribution < 1.29 is 18.3 Å². The summed E-state index contributed by atoms with van der Waals surface area (Å²) in [6, 6.07) is 15.6. The van der Waals surface area contributed by atoms with Crippen LogP contribution >= 0.6 is 0 Å². The minimum Gasteiger partial charge on any atom is -0.435 e. The molecule has 1 amide bonds. The number of carbonyl (C=O) groups is 1. The molecule has 2 aromatic rings. The fourth-order valence-electron chi connectivity index (χ4n) is 2.48. The molecular formula is C20H21F2NO2. The molecule has 0 aromatic heterocycles. The number of rotatable bonds is 7. The lowest BCUT2D eigenvalue weighted by atomic mass is 10.0. The van der Waals surface area contributed by atoms with Gasteiger partial charge in [0.15, 0.2) is 0 Å². The van der Waals surface area contributed by atoms with Crippen LogP contribution in [-0.4, -0.2) is 30.5 Å². The predicted octanol–water partition coefficient (Wildman–Crippen LogP) is 4.70. The van der Waals surface area contributed by atoms with Crippen molar-refractivity contribution in [3.63, 3.8) is 0 Å². The quantitative estimate of drug-likeness (QED) is 0.538. The second-order valence-corrected chi connectivity index (χ2v) is 5.35. The van der Waals surface area contributed by atoms with Gasteiger partial charge in [0.1, 0.15) is 5.75 Å². The second-order valence-electron chi connectivity index (χ2n) is 5.35. The van der Waals surface area contributed by atoms with E-state index in [0.717, 1.165) is 11.1 Å². The molecule has 0 saturated carbocycles. The van der Waals surface area contributed by atoms with E-state index >= 15 is 0 Å². The first-order valence-corrected chi connectivity index (χ1v) is 8.16.